The number of ether oxygens (including phenoxy) is 1. The highest BCUT2D eigenvalue weighted by molar-refractivity contribution is 6.29. The van der Waals surface area contributed by atoms with Gasteiger partial charge in [0.05, 0.1) is 0 Å². The summed E-state index contributed by atoms with van der Waals surface area (Å²) in [6, 6.07) is 7.54. The van der Waals surface area contributed by atoms with E-state index in [9.17, 15) is 4.39 Å². The Morgan fingerprint density at radius 1 is 1.31 bits per heavy atom. The van der Waals surface area contributed by atoms with Crippen molar-refractivity contribution >= 4 is 11.6 Å². The summed E-state index contributed by atoms with van der Waals surface area (Å²) in [6.07, 6.45) is 1.61. The number of pyridine rings is 1. The van der Waals surface area contributed by atoms with Gasteiger partial charge in [0.15, 0.2) is 0 Å². The number of benzene rings is 1. The van der Waals surface area contributed by atoms with E-state index in [1.807, 2.05) is 6.92 Å². The first-order valence-electron chi connectivity index (χ1n) is 4.71. The van der Waals surface area contributed by atoms with Crippen LogP contribution in [0.4, 0.5) is 4.39 Å². The molecule has 0 fully saturated rings. The minimum atomic E-state index is -0.338. The Morgan fingerprint density at radius 2 is 2.12 bits per heavy atom. The Kier molecular flexibility index (Phi) is 3.06. The Hall–Kier alpha value is -1.61. The molecule has 1 aromatic heterocycles. The Bertz CT molecular complexity index is 516. The van der Waals surface area contributed by atoms with E-state index in [0.29, 0.717) is 16.7 Å². The molecule has 0 spiro atoms. The summed E-state index contributed by atoms with van der Waals surface area (Å²) in [4.78, 5) is 3.91. The van der Waals surface area contributed by atoms with Crippen molar-refractivity contribution in [2.75, 3.05) is 0 Å². The van der Waals surface area contributed by atoms with E-state index >= 15 is 0 Å². The standard InChI is InChI=1S/C12H9ClFNO/c1-8-7-15-12(13)6-11(8)16-10-4-2-3-9(14)5-10/h2-7H,1H3. The largest absolute Gasteiger partial charge is 0.457 e. The summed E-state index contributed by atoms with van der Waals surface area (Å²) in [5.41, 5.74) is 0.841. The van der Waals surface area contributed by atoms with Crippen molar-refractivity contribution in [3.8, 4) is 11.5 Å². The topological polar surface area (TPSA) is 22.1 Å². The molecule has 4 heteroatoms. The van der Waals surface area contributed by atoms with Gasteiger partial charge in [0.25, 0.3) is 0 Å². The zero-order chi connectivity index (χ0) is 11.5. The van der Waals surface area contributed by atoms with Crippen LogP contribution >= 0.6 is 11.6 Å². The van der Waals surface area contributed by atoms with Crippen molar-refractivity contribution in [3.05, 3.63) is 53.1 Å². The first kappa shape index (κ1) is 10.9. The van der Waals surface area contributed by atoms with Gasteiger partial charge in [-0.05, 0) is 19.1 Å². The molecule has 0 amide bonds. The molecule has 0 bridgehead atoms. The first-order chi connectivity index (χ1) is 7.65. The van der Waals surface area contributed by atoms with Gasteiger partial charge in [-0.1, -0.05) is 17.7 Å². The van der Waals surface area contributed by atoms with Gasteiger partial charge < -0.3 is 4.74 Å². The third kappa shape index (κ3) is 2.49. The van der Waals surface area contributed by atoms with E-state index in [4.69, 9.17) is 16.3 Å². The van der Waals surface area contributed by atoms with Gasteiger partial charge in [0.2, 0.25) is 0 Å². The predicted molar refractivity (Wildman–Crippen MR) is 60.5 cm³/mol. The van der Waals surface area contributed by atoms with Gasteiger partial charge in [-0.25, -0.2) is 9.37 Å². The molecule has 1 aromatic carbocycles. The fourth-order valence-electron chi connectivity index (χ4n) is 1.25. The van der Waals surface area contributed by atoms with E-state index in [0.717, 1.165) is 5.56 Å². The fraction of sp³-hybridized carbons (Fsp3) is 0.0833. The maximum atomic E-state index is 12.9. The summed E-state index contributed by atoms with van der Waals surface area (Å²) in [7, 11) is 0. The molecule has 0 unspecified atom stereocenters. The van der Waals surface area contributed by atoms with Crippen molar-refractivity contribution in [1.82, 2.24) is 4.98 Å². The van der Waals surface area contributed by atoms with Crippen LogP contribution in [0.1, 0.15) is 5.56 Å². The average molecular weight is 238 g/mol. The van der Waals surface area contributed by atoms with Gasteiger partial charge in [-0.3, -0.25) is 0 Å². The molecular weight excluding hydrogens is 229 g/mol. The molecular formula is C12H9ClFNO. The van der Waals surface area contributed by atoms with Crippen molar-refractivity contribution in [1.29, 1.82) is 0 Å². The zero-order valence-electron chi connectivity index (χ0n) is 8.58. The van der Waals surface area contributed by atoms with Gasteiger partial charge >= 0.3 is 0 Å². The second-order valence-electron chi connectivity index (χ2n) is 3.33. The monoisotopic (exact) mass is 237 g/mol. The molecule has 0 N–H and O–H groups in total. The Labute approximate surface area is 97.7 Å². The van der Waals surface area contributed by atoms with Crippen LogP contribution in [0.3, 0.4) is 0 Å². The van der Waals surface area contributed by atoms with Gasteiger partial charge in [-0.2, -0.15) is 0 Å². The van der Waals surface area contributed by atoms with E-state index in [1.54, 1.807) is 24.4 Å². The van der Waals surface area contributed by atoms with Crippen LogP contribution in [-0.2, 0) is 0 Å². The van der Waals surface area contributed by atoms with Crippen LogP contribution in [0.15, 0.2) is 36.5 Å². The fourth-order valence-corrected chi connectivity index (χ4v) is 1.40. The Morgan fingerprint density at radius 3 is 2.88 bits per heavy atom. The molecule has 2 nitrogen and oxygen atoms in total. The van der Waals surface area contributed by atoms with Gasteiger partial charge in [0, 0.05) is 23.9 Å². The SMILES string of the molecule is Cc1cnc(Cl)cc1Oc1cccc(F)c1. The number of hydrogen-bond acceptors (Lipinski definition) is 2. The summed E-state index contributed by atoms with van der Waals surface area (Å²) >= 11 is 5.75. The number of rotatable bonds is 2. The number of halogens is 2. The van der Waals surface area contributed by atoms with Crippen molar-refractivity contribution in [2.45, 2.75) is 6.92 Å². The minimum absolute atomic E-state index is 0.338. The second-order valence-corrected chi connectivity index (χ2v) is 3.72. The number of aryl methyl sites for hydroxylation is 1. The summed E-state index contributed by atoms with van der Waals surface area (Å²) in [6.45, 7) is 1.85. The average Bonchev–Trinajstić information content (AvgIpc) is 2.24. The number of aromatic nitrogens is 1. The van der Waals surface area contributed by atoms with Crippen LogP contribution in [0.5, 0.6) is 11.5 Å². The molecule has 0 saturated carbocycles. The maximum Gasteiger partial charge on any atom is 0.134 e. The summed E-state index contributed by atoms with van der Waals surface area (Å²) in [5, 5.41) is 0.344. The molecule has 0 saturated heterocycles. The van der Waals surface area contributed by atoms with Crippen LogP contribution in [0.2, 0.25) is 5.15 Å². The van der Waals surface area contributed by atoms with Gasteiger partial charge in [0.1, 0.15) is 22.5 Å². The van der Waals surface area contributed by atoms with E-state index < -0.39 is 0 Å². The van der Waals surface area contributed by atoms with E-state index in [2.05, 4.69) is 4.98 Å². The lowest BCUT2D eigenvalue weighted by atomic mass is 10.3. The number of hydrogen-bond donors (Lipinski definition) is 0. The maximum absolute atomic E-state index is 12.9. The van der Waals surface area contributed by atoms with Crippen LogP contribution < -0.4 is 4.74 Å². The van der Waals surface area contributed by atoms with E-state index in [-0.39, 0.29) is 5.82 Å². The number of nitrogens with zero attached hydrogens (tertiary/aromatic N) is 1. The lowest BCUT2D eigenvalue weighted by Crippen LogP contribution is -1.89. The second kappa shape index (κ2) is 4.49. The minimum Gasteiger partial charge on any atom is -0.457 e. The third-order valence-corrected chi connectivity index (χ3v) is 2.25. The quantitative estimate of drug-likeness (QED) is 0.738. The molecule has 0 aliphatic carbocycles. The summed E-state index contributed by atoms with van der Waals surface area (Å²) < 4.78 is 18.4. The molecule has 82 valence electrons. The Balaban J connectivity index is 2.30. The predicted octanol–water partition coefficient (Wildman–Crippen LogP) is 3.97. The molecule has 16 heavy (non-hydrogen) atoms. The normalized spacial score (nSPS) is 10.2. The lowest BCUT2D eigenvalue weighted by Gasteiger charge is -2.08. The van der Waals surface area contributed by atoms with Crippen LogP contribution in [0, 0.1) is 12.7 Å². The molecule has 1 heterocycles. The first-order valence-corrected chi connectivity index (χ1v) is 5.08. The van der Waals surface area contributed by atoms with Crippen LogP contribution in [0.25, 0.3) is 0 Å². The molecule has 0 aliphatic heterocycles. The van der Waals surface area contributed by atoms with Crippen molar-refractivity contribution < 1.29 is 9.13 Å². The molecule has 0 atom stereocenters. The highest BCUT2D eigenvalue weighted by Gasteiger charge is 2.04. The lowest BCUT2D eigenvalue weighted by molar-refractivity contribution is 0.472. The molecule has 0 aliphatic rings. The van der Waals surface area contributed by atoms with Crippen molar-refractivity contribution in [3.63, 3.8) is 0 Å². The summed E-state index contributed by atoms with van der Waals surface area (Å²) in [5.74, 6) is 0.672. The van der Waals surface area contributed by atoms with E-state index in [1.165, 1.54) is 12.1 Å². The third-order valence-electron chi connectivity index (χ3n) is 2.04. The van der Waals surface area contributed by atoms with Crippen LogP contribution in [-0.4, -0.2) is 4.98 Å². The highest BCUT2D eigenvalue weighted by Crippen LogP contribution is 2.26. The molecule has 0 radical (unpaired) electrons. The van der Waals surface area contributed by atoms with Gasteiger partial charge in [-0.15, -0.1) is 0 Å². The molecule has 2 aromatic rings. The zero-order valence-corrected chi connectivity index (χ0v) is 9.33. The highest BCUT2D eigenvalue weighted by atomic mass is 35.5. The molecule has 2 rings (SSSR count). The smallest absolute Gasteiger partial charge is 0.134 e. The van der Waals surface area contributed by atoms with Crippen molar-refractivity contribution in [2.24, 2.45) is 0 Å².